The molecule has 0 saturated heterocycles. The third kappa shape index (κ3) is 7.31. The zero-order valence-corrected chi connectivity index (χ0v) is 15.9. The van der Waals surface area contributed by atoms with Crippen LogP contribution >= 0.6 is 11.8 Å². The van der Waals surface area contributed by atoms with Crippen molar-refractivity contribution in [2.24, 2.45) is 0 Å². The van der Waals surface area contributed by atoms with Gasteiger partial charge in [-0.1, -0.05) is 25.1 Å². The fraction of sp³-hybridized carbons (Fsp3) is 0.250. The molecule has 0 radical (unpaired) electrons. The van der Waals surface area contributed by atoms with Gasteiger partial charge >= 0.3 is 5.51 Å². The second-order valence-electron chi connectivity index (χ2n) is 4.63. The Morgan fingerprint density at radius 1 is 1.00 bits per heavy atom. The van der Waals surface area contributed by atoms with Gasteiger partial charge in [0.25, 0.3) is 0 Å². The number of hydrogen-bond donors (Lipinski definition) is 0. The Labute approximate surface area is 152 Å². The molecule has 138 valence electrons. The fourth-order valence-electron chi connectivity index (χ4n) is 1.67. The molecule has 0 N–H and O–H groups in total. The van der Waals surface area contributed by atoms with Gasteiger partial charge in [0.05, 0.1) is 10.9 Å². The summed E-state index contributed by atoms with van der Waals surface area (Å²) in [4.78, 5) is 4.18. The first-order valence-electron chi connectivity index (χ1n) is 7.02. The Morgan fingerprint density at radius 2 is 1.44 bits per heavy atom. The van der Waals surface area contributed by atoms with Crippen LogP contribution in [0.25, 0.3) is 0 Å². The summed E-state index contributed by atoms with van der Waals surface area (Å²) >= 11 is 1.89. The van der Waals surface area contributed by atoms with Crippen LogP contribution in [0.15, 0.2) is 69.3 Å². The van der Waals surface area contributed by atoms with Crippen molar-refractivity contribution >= 4 is 32.8 Å². The lowest BCUT2D eigenvalue weighted by molar-refractivity contribution is -0.0517. The van der Waals surface area contributed by atoms with Crippen molar-refractivity contribution in [1.82, 2.24) is 0 Å². The molecule has 2 aromatic rings. The molecule has 2 rings (SSSR count). The van der Waals surface area contributed by atoms with Crippen molar-refractivity contribution in [3.63, 3.8) is 0 Å². The molecule has 3 nitrogen and oxygen atoms in total. The van der Waals surface area contributed by atoms with Crippen molar-refractivity contribution in [1.29, 1.82) is 0 Å². The lowest BCUT2D eigenvalue weighted by Crippen LogP contribution is -2.21. The summed E-state index contributed by atoms with van der Waals surface area (Å²) in [5.41, 5.74) is -5.65. The SMILES string of the molecule is CCSc1ccc([S+](C)c2ccccc2)cc1.O=S(=O)([O-])C(F)(F)F. The van der Waals surface area contributed by atoms with E-state index in [0.29, 0.717) is 0 Å². The van der Waals surface area contributed by atoms with Crippen LogP contribution in [0.5, 0.6) is 0 Å². The maximum Gasteiger partial charge on any atom is 0.485 e. The monoisotopic (exact) mass is 410 g/mol. The lowest BCUT2D eigenvalue weighted by atomic mass is 10.4. The molecule has 9 heteroatoms. The zero-order chi connectivity index (χ0) is 19.1. The van der Waals surface area contributed by atoms with Gasteiger partial charge in [-0.05, 0) is 42.2 Å². The van der Waals surface area contributed by atoms with E-state index in [1.165, 1.54) is 14.7 Å². The predicted octanol–water partition coefficient (Wildman–Crippen LogP) is 4.52. The van der Waals surface area contributed by atoms with E-state index in [1.54, 1.807) is 0 Å². The molecule has 1 atom stereocenters. The largest absolute Gasteiger partial charge is 0.741 e. The number of hydrogen-bond acceptors (Lipinski definition) is 4. The molecule has 0 fully saturated rings. The van der Waals surface area contributed by atoms with Crippen LogP contribution < -0.4 is 0 Å². The molecule has 0 aliphatic heterocycles. The standard InChI is InChI=1S/C15H17S2.CHF3O3S/c1-3-16-13-9-11-15(12-10-13)17(2)14-7-5-4-6-8-14;2-1(3,4)8(5,6)7/h4-12H,3H2,1-2H3;(H,5,6,7)/q+1;/p-1. The van der Waals surface area contributed by atoms with Gasteiger partial charge in [0.15, 0.2) is 19.9 Å². The lowest BCUT2D eigenvalue weighted by Gasteiger charge is -2.08. The predicted molar refractivity (Wildman–Crippen MR) is 94.9 cm³/mol. The van der Waals surface area contributed by atoms with E-state index in [1.807, 2.05) is 11.8 Å². The first kappa shape index (κ1) is 21.9. The second-order valence-corrected chi connectivity index (χ2v) is 9.30. The molecule has 2 aromatic carbocycles. The summed E-state index contributed by atoms with van der Waals surface area (Å²) in [6.07, 6.45) is 2.29. The summed E-state index contributed by atoms with van der Waals surface area (Å²) in [7, 11) is -5.91. The first-order chi connectivity index (χ1) is 11.6. The molecule has 0 saturated carbocycles. The molecule has 0 aliphatic rings. The van der Waals surface area contributed by atoms with Crippen LogP contribution in [0.4, 0.5) is 13.2 Å². The van der Waals surface area contributed by atoms with E-state index in [2.05, 4.69) is 67.8 Å². The molecule has 0 aromatic heterocycles. The van der Waals surface area contributed by atoms with Gasteiger partial charge in [0, 0.05) is 4.90 Å². The minimum atomic E-state index is -6.09. The Kier molecular flexibility index (Phi) is 8.33. The number of halogens is 3. The molecule has 0 heterocycles. The van der Waals surface area contributed by atoms with Gasteiger partial charge in [-0.25, -0.2) is 8.42 Å². The topological polar surface area (TPSA) is 57.2 Å². The first-order valence-corrected chi connectivity index (χ1v) is 11.0. The Hall–Kier alpha value is -1.16. The van der Waals surface area contributed by atoms with Crippen molar-refractivity contribution in [2.75, 3.05) is 12.0 Å². The van der Waals surface area contributed by atoms with E-state index >= 15 is 0 Å². The highest BCUT2D eigenvalue weighted by Crippen LogP contribution is 2.24. The van der Waals surface area contributed by atoms with Crippen molar-refractivity contribution in [2.45, 2.75) is 27.1 Å². The van der Waals surface area contributed by atoms with Crippen LogP contribution in [0.3, 0.4) is 0 Å². The van der Waals surface area contributed by atoms with E-state index in [4.69, 9.17) is 13.0 Å². The zero-order valence-electron chi connectivity index (χ0n) is 13.5. The maximum atomic E-state index is 10.7. The van der Waals surface area contributed by atoms with Gasteiger partial charge < -0.3 is 4.55 Å². The average molecular weight is 411 g/mol. The van der Waals surface area contributed by atoms with Crippen LogP contribution in [0, 0.1) is 0 Å². The number of thioether (sulfide) groups is 1. The third-order valence-corrected chi connectivity index (χ3v) is 6.29. The van der Waals surface area contributed by atoms with E-state index in [0.717, 1.165) is 5.75 Å². The highest BCUT2D eigenvalue weighted by atomic mass is 32.2. The van der Waals surface area contributed by atoms with E-state index in [-0.39, 0.29) is 10.9 Å². The smallest absolute Gasteiger partial charge is 0.485 e. The number of rotatable bonds is 4. The Morgan fingerprint density at radius 3 is 1.84 bits per heavy atom. The van der Waals surface area contributed by atoms with Gasteiger partial charge in [0.2, 0.25) is 0 Å². The maximum absolute atomic E-state index is 10.7. The van der Waals surface area contributed by atoms with Crippen molar-refractivity contribution in [3.8, 4) is 0 Å². The molecule has 0 spiro atoms. The molecule has 0 bridgehead atoms. The summed E-state index contributed by atoms with van der Waals surface area (Å²) in [5, 5.41) is 0. The van der Waals surface area contributed by atoms with Crippen molar-refractivity contribution < 1.29 is 26.1 Å². The van der Waals surface area contributed by atoms with Crippen LogP contribution in [-0.2, 0) is 21.0 Å². The normalized spacial score (nSPS) is 12.9. The number of benzene rings is 2. The minimum absolute atomic E-state index is 0.182. The third-order valence-electron chi connectivity index (χ3n) is 2.87. The van der Waals surface area contributed by atoms with Crippen LogP contribution in [0.2, 0.25) is 0 Å². The highest BCUT2D eigenvalue weighted by Gasteiger charge is 2.36. The van der Waals surface area contributed by atoms with Gasteiger partial charge in [-0.15, -0.1) is 11.8 Å². The summed E-state index contributed by atoms with van der Waals surface area (Å²) in [6.45, 7) is 2.19. The quantitative estimate of drug-likeness (QED) is 0.322. The van der Waals surface area contributed by atoms with Gasteiger partial charge in [0.1, 0.15) is 6.26 Å². The summed E-state index contributed by atoms with van der Waals surface area (Å²) in [6, 6.07) is 19.7. The van der Waals surface area contributed by atoms with Gasteiger partial charge in [-0.2, -0.15) is 13.2 Å². The molecule has 0 aliphatic carbocycles. The Bertz CT molecular complexity index is 746. The highest BCUT2D eigenvalue weighted by molar-refractivity contribution is 7.99. The van der Waals surface area contributed by atoms with E-state index in [9.17, 15) is 13.2 Å². The molecule has 0 amide bonds. The molecule has 25 heavy (non-hydrogen) atoms. The number of alkyl halides is 3. The molecular formula is C16H17F3O3S3. The van der Waals surface area contributed by atoms with E-state index < -0.39 is 15.6 Å². The van der Waals surface area contributed by atoms with Crippen LogP contribution in [0.1, 0.15) is 6.92 Å². The fourth-order valence-corrected chi connectivity index (χ4v) is 3.71. The van der Waals surface area contributed by atoms with Gasteiger partial charge in [-0.3, -0.25) is 0 Å². The average Bonchev–Trinajstić information content (AvgIpc) is 2.55. The molecular weight excluding hydrogens is 393 g/mol. The Balaban J connectivity index is 0.000000333. The summed E-state index contributed by atoms with van der Waals surface area (Å²) < 4.78 is 58.9. The summed E-state index contributed by atoms with van der Waals surface area (Å²) in [5.74, 6) is 1.13. The van der Waals surface area contributed by atoms with Crippen molar-refractivity contribution in [3.05, 3.63) is 54.6 Å². The molecule has 1 unspecified atom stereocenters. The minimum Gasteiger partial charge on any atom is -0.741 e. The second kappa shape index (κ2) is 9.51. The van der Waals surface area contributed by atoms with Crippen LogP contribution in [-0.4, -0.2) is 30.5 Å².